The summed E-state index contributed by atoms with van der Waals surface area (Å²) in [4.78, 5) is 21.4. The predicted octanol–water partition coefficient (Wildman–Crippen LogP) is 1.49. The van der Waals surface area contributed by atoms with Crippen LogP contribution in [0.2, 0.25) is 0 Å². The molecule has 104 valence electrons. The lowest BCUT2D eigenvalue weighted by Gasteiger charge is -2.41. The van der Waals surface area contributed by atoms with E-state index in [1.54, 1.807) is 6.92 Å². The van der Waals surface area contributed by atoms with E-state index >= 15 is 0 Å². The standard InChI is InChI=1S/C13H19N3O3/c1-8-6-16(7-13(3,4)19-8)12-14-5-10(11(17)18)9(2)15-12/h5,8H,6-7H2,1-4H3,(H,17,18). The van der Waals surface area contributed by atoms with Crippen molar-refractivity contribution in [2.24, 2.45) is 0 Å². The maximum atomic E-state index is 11.0. The fourth-order valence-corrected chi connectivity index (χ4v) is 2.42. The SMILES string of the molecule is Cc1nc(N2CC(C)OC(C)(C)C2)ncc1C(=O)O. The second-order valence-electron chi connectivity index (χ2n) is 5.54. The highest BCUT2D eigenvalue weighted by atomic mass is 16.5. The molecule has 1 aliphatic rings. The molecule has 0 radical (unpaired) electrons. The van der Waals surface area contributed by atoms with Crippen LogP contribution in [0.4, 0.5) is 5.95 Å². The van der Waals surface area contributed by atoms with E-state index in [0.717, 1.165) is 0 Å². The zero-order chi connectivity index (χ0) is 14.2. The van der Waals surface area contributed by atoms with Gasteiger partial charge in [0.05, 0.1) is 23.0 Å². The first kappa shape index (κ1) is 13.7. The Labute approximate surface area is 112 Å². The summed E-state index contributed by atoms with van der Waals surface area (Å²) in [5.41, 5.74) is 0.360. The Hall–Kier alpha value is -1.69. The molecule has 19 heavy (non-hydrogen) atoms. The third kappa shape index (κ3) is 3.01. The van der Waals surface area contributed by atoms with Gasteiger partial charge in [0.25, 0.3) is 0 Å². The molecule has 2 rings (SSSR count). The summed E-state index contributed by atoms with van der Waals surface area (Å²) in [6.45, 7) is 9.12. The average Bonchev–Trinajstić information content (AvgIpc) is 2.25. The molecule has 1 unspecified atom stereocenters. The predicted molar refractivity (Wildman–Crippen MR) is 70.6 cm³/mol. The summed E-state index contributed by atoms with van der Waals surface area (Å²) in [5, 5.41) is 8.98. The Kier molecular flexibility index (Phi) is 3.45. The zero-order valence-electron chi connectivity index (χ0n) is 11.7. The van der Waals surface area contributed by atoms with Crippen molar-refractivity contribution in [1.82, 2.24) is 9.97 Å². The molecule has 1 atom stereocenters. The van der Waals surface area contributed by atoms with Gasteiger partial charge in [0, 0.05) is 19.3 Å². The van der Waals surface area contributed by atoms with Gasteiger partial charge in [-0.3, -0.25) is 0 Å². The quantitative estimate of drug-likeness (QED) is 0.873. The van der Waals surface area contributed by atoms with Crippen LogP contribution in [0.15, 0.2) is 6.20 Å². The first-order valence-corrected chi connectivity index (χ1v) is 6.28. The molecule has 1 saturated heterocycles. The van der Waals surface area contributed by atoms with Crippen LogP contribution in [0.1, 0.15) is 36.8 Å². The van der Waals surface area contributed by atoms with Crippen molar-refractivity contribution >= 4 is 11.9 Å². The molecule has 6 nitrogen and oxygen atoms in total. The van der Waals surface area contributed by atoms with Crippen molar-refractivity contribution in [3.8, 4) is 0 Å². The summed E-state index contributed by atoms with van der Waals surface area (Å²) >= 11 is 0. The van der Waals surface area contributed by atoms with Crippen LogP contribution in [0.5, 0.6) is 0 Å². The highest BCUT2D eigenvalue weighted by molar-refractivity contribution is 5.88. The Morgan fingerprint density at radius 2 is 2.26 bits per heavy atom. The minimum absolute atomic E-state index is 0.0896. The monoisotopic (exact) mass is 265 g/mol. The van der Waals surface area contributed by atoms with E-state index in [4.69, 9.17) is 9.84 Å². The minimum Gasteiger partial charge on any atom is -0.478 e. The van der Waals surface area contributed by atoms with Crippen molar-refractivity contribution in [3.63, 3.8) is 0 Å². The number of anilines is 1. The molecule has 1 aromatic rings. The Morgan fingerprint density at radius 3 is 2.79 bits per heavy atom. The molecule has 0 saturated carbocycles. The van der Waals surface area contributed by atoms with Crippen LogP contribution < -0.4 is 4.90 Å². The number of hydrogen-bond acceptors (Lipinski definition) is 5. The molecule has 0 spiro atoms. The van der Waals surface area contributed by atoms with Crippen LogP contribution in [0.3, 0.4) is 0 Å². The molecule has 1 fully saturated rings. The van der Waals surface area contributed by atoms with Crippen LogP contribution in [-0.2, 0) is 4.74 Å². The highest BCUT2D eigenvalue weighted by Gasteiger charge is 2.32. The topological polar surface area (TPSA) is 75.5 Å². The molecular weight excluding hydrogens is 246 g/mol. The minimum atomic E-state index is -1.00. The van der Waals surface area contributed by atoms with E-state index in [1.807, 2.05) is 25.7 Å². The summed E-state index contributed by atoms with van der Waals surface area (Å²) in [6.07, 6.45) is 1.46. The van der Waals surface area contributed by atoms with Gasteiger partial charge in [-0.1, -0.05) is 0 Å². The average molecular weight is 265 g/mol. The highest BCUT2D eigenvalue weighted by Crippen LogP contribution is 2.24. The van der Waals surface area contributed by atoms with E-state index in [-0.39, 0.29) is 17.3 Å². The molecule has 1 aromatic heterocycles. The number of ether oxygens (including phenoxy) is 1. The molecule has 0 amide bonds. The zero-order valence-corrected chi connectivity index (χ0v) is 11.7. The lowest BCUT2D eigenvalue weighted by Crippen LogP contribution is -2.52. The van der Waals surface area contributed by atoms with Gasteiger partial charge in [-0.15, -0.1) is 0 Å². The second kappa shape index (κ2) is 4.77. The molecule has 2 heterocycles. The number of rotatable bonds is 2. The molecule has 0 aromatic carbocycles. The summed E-state index contributed by atoms with van der Waals surface area (Å²) in [7, 11) is 0. The van der Waals surface area contributed by atoms with Crippen molar-refractivity contribution in [2.45, 2.75) is 39.4 Å². The van der Waals surface area contributed by atoms with Gasteiger partial charge in [-0.2, -0.15) is 0 Å². The first-order chi connectivity index (χ1) is 8.78. The maximum Gasteiger partial charge on any atom is 0.339 e. The molecule has 0 bridgehead atoms. The summed E-state index contributed by atoms with van der Waals surface area (Å²) in [5.74, 6) is -0.439. The van der Waals surface area contributed by atoms with E-state index < -0.39 is 5.97 Å². The number of aromatic carboxylic acids is 1. The van der Waals surface area contributed by atoms with E-state index in [1.165, 1.54) is 6.20 Å². The Balaban J connectivity index is 2.27. The number of aromatic nitrogens is 2. The van der Waals surface area contributed by atoms with Gasteiger partial charge < -0.3 is 14.7 Å². The molecule has 6 heteroatoms. The number of aryl methyl sites for hydroxylation is 1. The lowest BCUT2D eigenvalue weighted by molar-refractivity contribution is -0.0754. The van der Waals surface area contributed by atoms with Crippen molar-refractivity contribution < 1.29 is 14.6 Å². The van der Waals surface area contributed by atoms with Crippen molar-refractivity contribution in [2.75, 3.05) is 18.0 Å². The van der Waals surface area contributed by atoms with E-state index in [0.29, 0.717) is 24.7 Å². The molecule has 1 aliphatic heterocycles. The van der Waals surface area contributed by atoms with Gasteiger partial charge in [0.15, 0.2) is 0 Å². The summed E-state index contributed by atoms with van der Waals surface area (Å²) in [6, 6.07) is 0. The van der Waals surface area contributed by atoms with Gasteiger partial charge in [-0.25, -0.2) is 14.8 Å². The third-order valence-corrected chi connectivity index (χ3v) is 3.05. The fraction of sp³-hybridized carbons (Fsp3) is 0.615. The second-order valence-corrected chi connectivity index (χ2v) is 5.54. The normalized spacial score (nSPS) is 22.3. The smallest absolute Gasteiger partial charge is 0.339 e. The molecule has 1 N–H and O–H groups in total. The van der Waals surface area contributed by atoms with E-state index in [2.05, 4.69) is 9.97 Å². The van der Waals surface area contributed by atoms with Crippen LogP contribution in [0.25, 0.3) is 0 Å². The Bertz CT molecular complexity index is 502. The van der Waals surface area contributed by atoms with Gasteiger partial charge >= 0.3 is 5.97 Å². The van der Waals surface area contributed by atoms with Crippen LogP contribution in [0, 0.1) is 6.92 Å². The number of carboxylic acids is 1. The third-order valence-electron chi connectivity index (χ3n) is 3.05. The van der Waals surface area contributed by atoms with Crippen molar-refractivity contribution in [1.29, 1.82) is 0 Å². The largest absolute Gasteiger partial charge is 0.478 e. The molecule has 0 aliphatic carbocycles. The van der Waals surface area contributed by atoms with Crippen molar-refractivity contribution in [3.05, 3.63) is 17.5 Å². The van der Waals surface area contributed by atoms with Gasteiger partial charge in [0.2, 0.25) is 5.95 Å². The number of morpholine rings is 1. The van der Waals surface area contributed by atoms with Crippen LogP contribution in [-0.4, -0.2) is 45.8 Å². The number of carbonyl (C=O) groups is 1. The fourth-order valence-electron chi connectivity index (χ4n) is 2.42. The number of hydrogen-bond donors (Lipinski definition) is 1. The van der Waals surface area contributed by atoms with Crippen LogP contribution >= 0.6 is 0 Å². The lowest BCUT2D eigenvalue weighted by atomic mass is 10.1. The van der Waals surface area contributed by atoms with E-state index in [9.17, 15) is 4.79 Å². The van der Waals surface area contributed by atoms with Gasteiger partial charge in [-0.05, 0) is 27.7 Å². The van der Waals surface area contributed by atoms with Gasteiger partial charge in [0.1, 0.15) is 0 Å². The Morgan fingerprint density at radius 1 is 1.58 bits per heavy atom. The maximum absolute atomic E-state index is 11.0. The number of nitrogens with zero attached hydrogens (tertiary/aromatic N) is 3. The first-order valence-electron chi connectivity index (χ1n) is 6.28. The summed E-state index contributed by atoms with van der Waals surface area (Å²) < 4.78 is 5.83. The molecular formula is C13H19N3O3. The number of carboxylic acid groups (broad SMARTS) is 1.